The molecule has 1 aliphatic rings. The molecule has 1 atom stereocenters. The van der Waals surface area contributed by atoms with Crippen LogP contribution in [0.15, 0.2) is 9.98 Å². The molecule has 15 heavy (non-hydrogen) atoms. The molecule has 1 aliphatic carbocycles. The molecule has 0 bridgehead atoms. The maximum absolute atomic E-state index is 9.18. The molecule has 2 N–H and O–H groups in total. The van der Waals surface area contributed by atoms with E-state index in [-0.39, 0.29) is 11.5 Å². The van der Waals surface area contributed by atoms with Crippen LogP contribution in [-0.2, 0) is 0 Å². The molecule has 1 saturated carbocycles. The number of thiazole rings is 1. The van der Waals surface area contributed by atoms with Crippen molar-refractivity contribution >= 4 is 27.3 Å². The lowest BCUT2D eigenvalue weighted by atomic mass is 10.1. The molecule has 0 amide bonds. The Bertz CT molecular complexity index is 338. The van der Waals surface area contributed by atoms with Gasteiger partial charge in [-0.15, -0.1) is 11.3 Å². The molecule has 3 nitrogen and oxygen atoms in total. The highest BCUT2D eigenvalue weighted by Crippen LogP contribution is 2.44. The standard InChI is InChI=1S/C10H15BrN2OS/c1-7(9-12-4-8(11)15-9)13-5-10(6-14)2-3-10/h4,7,13-14H,2-3,5-6H2,1H3. The summed E-state index contributed by atoms with van der Waals surface area (Å²) < 4.78 is 1.06. The highest BCUT2D eigenvalue weighted by atomic mass is 79.9. The van der Waals surface area contributed by atoms with E-state index in [0.717, 1.165) is 28.2 Å². The van der Waals surface area contributed by atoms with Gasteiger partial charge in [0.25, 0.3) is 0 Å². The summed E-state index contributed by atoms with van der Waals surface area (Å²) in [6, 6.07) is 0.269. The first-order valence-corrected chi connectivity index (χ1v) is 6.72. The molecule has 0 spiro atoms. The third-order valence-electron chi connectivity index (χ3n) is 2.94. The van der Waals surface area contributed by atoms with E-state index in [9.17, 15) is 5.11 Å². The van der Waals surface area contributed by atoms with Gasteiger partial charge in [-0.25, -0.2) is 4.98 Å². The van der Waals surface area contributed by atoms with Crippen molar-refractivity contribution in [3.05, 3.63) is 15.0 Å². The number of rotatable bonds is 5. The van der Waals surface area contributed by atoms with Crippen LogP contribution in [0.5, 0.6) is 0 Å². The predicted octanol–water partition coefficient (Wildman–Crippen LogP) is 2.33. The summed E-state index contributed by atoms with van der Waals surface area (Å²) in [5, 5.41) is 13.7. The Kier molecular flexibility index (Phi) is 3.45. The lowest BCUT2D eigenvalue weighted by Crippen LogP contribution is -2.28. The van der Waals surface area contributed by atoms with E-state index >= 15 is 0 Å². The quantitative estimate of drug-likeness (QED) is 0.875. The molecule has 5 heteroatoms. The number of aromatic nitrogens is 1. The average molecular weight is 291 g/mol. The summed E-state index contributed by atoms with van der Waals surface area (Å²) in [6.07, 6.45) is 4.12. The van der Waals surface area contributed by atoms with Gasteiger partial charge in [-0.05, 0) is 35.7 Å². The zero-order valence-corrected chi connectivity index (χ0v) is 11.1. The highest BCUT2D eigenvalue weighted by Gasteiger charge is 2.41. The average Bonchev–Trinajstić information content (AvgIpc) is 2.90. The van der Waals surface area contributed by atoms with Crippen LogP contribution in [0, 0.1) is 5.41 Å². The molecule has 0 aromatic carbocycles. The van der Waals surface area contributed by atoms with Crippen LogP contribution in [-0.4, -0.2) is 23.2 Å². The van der Waals surface area contributed by atoms with Gasteiger partial charge in [-0.3, -0.25) is 0 Å². The minimum Gasteiger partial charge on any atom is -0.396 e. The first kappa shape index (κ1) is 11.5. The Balaban J connectivity index is 1.85. The number of aliphatic hydroxyl groups excluding tert-OH is 1. The summed E-state index contributed by atoms with van der Waals surface area (Å²) >= 11 is 5.06. The Hall–Kier alpha value is 0.0300. The molecule has 1 aromatic heterocycles. The zero-order valence-electron chi connectivity index (χ0n) is 8.66. The molecule has 0 aliphatic heterocycles. The van der Waals surface area contributed by atoms with E-state index in [1.807, 2.05) is 6.20 Å². The van der Waals surface area contributed by atoms with E-state index in [4.69, 9.17) is 0 Å². The Morgan fingerprint density at radius 3 is 2.93 bits per heavy atom. The van der Waals surface area contributed by atoms with Crippen molar-refractivity contribution in [2.24, 2.45) is 5.41 Å². The molecule has 2 rings (SSSR count). The van der Waals surface area contributed by atoms with Crippen LogP contribution in [0.1, 0.15) is 30.8 Å². The van der Waals surface area contributed by atoms with Crippen molar-refractivity contribution in [1.29, 1.82) is 0 Å². The molecule has 1 heterocycles. The fourth-order valence-corrected chi connectivity index (χ4v) is 2.76. The van der Waals surface area contributed by atoms with Crippen molar-refractivity contribution in [2.45, 2.75) is 25.8 Å². The summed E-state index contributed by atoms with van der Waals surface area (Å²) in [6.45, 7) is 3.30. The second-order valence-corrected chi connectivity index (χ2v) is 6.70. The molecule has 1 fully saturated rings. The van der Waals surface area contributed by atoms with Gasteiger partial charge >= 0.3 is 0 Å². The van der Waals surface area contributed by atoms with Crippen molar-refractivity contribution in [2.75, 3.05) is 13.2 Å². The van der Waals surface area contributed by atoms with Crippen molar-refractivity contribution in [1.82, 2.24) is 10.3 Å². The smallest absolute Gasteiger partial charge is 0.110 e. The SMILES string of the molecule is CC(NCC1(CO)CC1)c1ncc(Br)s1. The van der Waals surface area contributed by atoms with Crippen LogP contribution in [0.25, 0.3) is 0 Å². The Labute approximate surface area is 102 Å². The zero-order chi connectivity index (χ0) is 10.9. The third-order valence-corrected chi connectivity index (χ3v) is 4.60. The fourth-order valence-electron chi connectivity index (χ4n) is 1.49. The van der Waals surface area contributed by atoms with Crippen LogP contribution >= 0.6 is 27.3 Å². The number of nitrogens with one attached hydrogen (secondary N) is 1. The molecule has 0 radical (unpaired) electrons. The number of halogens is 1. The van der Waals surface area contributed by atoms with Crippen LogP contribution in [0.3, 0.4) is 0 Å². The van der Waals surface area contributed by atoms with Crippen molar-refractivity contribution in [3.63, 3.8) is 0 Å². The molecule has 0 saturated heterocycles. The predicted molar refractivity (Wildman–Crippen MR) is 65.0 cm³/mol. The van der Waals surface area contributed by atoms with Crippen LogP contribution < -0.4 is 5.32 Å². The summed E-state index contributed by atoms with van der Waals surface area (Å²) in [5.74, 6) is 0. The maximum atomic E-state index is 9.18. The van der Waals surface area contributed by atoms with Crippen LogP contribution in [0.4, 0.5) is 0 Å². The van der Waals surface area contributed by atoms with Gasteiger partial charge in [0, 0.05) is 18.6 Å². The van der Waals surface area contributed by atoms with Gasteiger partial charge in [-0.1, -0.05) is 0 Å². The van der Waals surface area contributed by atoms with E-state index in [1.54, 1.807) is 11.3 Å². The second kappa shape index (κ2) is 4.49. The summed E-state index contributed by atoms with van der Waals surface area (Å²) in [4.78, 5) is 4.31. The Morgan fingerprint density at radius 1 is 1.73 bits per heavy atom. The second-order valence-electron chi connectivity index (χ2n) is 4.26. The van der Waals surface area contributed by atoms with Gasteiger partial charge in [0.15, 0.2) is 0 Å². The van der Waals surface area contributed by atoms with E-state index in [1.165, 1.54) is 0 Å². The minimum atomic E-state index is 0.169. The van der Waals surface area contributed by atoms with Crippen LogP contribution in [0.2, 0.25) is 0 Å². The van der Waals surface area contributed by atoms with Gasteiger partial charge in [0.2, 0.25) is 0 Å². The molecular formula is C10H15BrN2OS. The number of nitrogens with zero attached hydrogens (tertiary/aromatic N) is 1. The van der Waals surface area contributed by atoms with Crippen molar-refractivity contribution < 1.29 is 5.11 Å². The van der Waals surface area contributed by atoms with Crippen molar-refractivity contribution in [3.8, 4) is 0 Å². The minimum absolute atomic E-state index is 0.169. The monoisotopic (exact) mass is 290 g/mol. The van der Waals surface area contributed by atoms with E-state index in [2.05, 4.69) is 33.2 Å². The van der Waals surface area contributed by atoms with Gasteiger partial charge in [0.1, 0.15) is 5.01 Å². The number of hydrogen-bond acceptors (Lipinski definition) is 4. The lowest BCUT2D eigenvalue weighted by Gasteiger charge is -2.16. The van der Waals surface area contributed by atoms with E-state index < -0.39 is 0 Å². The number of hydrogen-bond donors (Lipinski definition) is 2. The molecule has 1 unspecified atom stereocenters. The highest BCUT2D eigenvalue weighted by molar-refractivity contribution is 9.11. The summed E-state index contributed by atoms with van der Waals surface area (Å²) in [7, 11) is 0. The first-order valence-electron chi connectivity index (χ1n) is 5.11. The van der Waals surface area contributed by atoms with Gasteiger partial charge in [0.05, 0.1) is 16.0 Å². The van der Waals surface area contributed by atoms with Gasteiger partial charge in [-0.2, -0.15) is 0 Å². The third kappa shape index (κ3) is 2.78. The lowest BCUT2D eigenvalue weighted by molar-refractivity contribution is 0.204. The van der Waals surface area contributed by atoms with Gasteiger partial charge < -0.3 is 10.4 Å². The maximum Gasteiger partial charge on any atom is 0.110 e. The fraction of sp³-hybridized carbons (Fsp3) is 0.700. The molecular weight excluding hydrogens is 276 g/mol. The van der Waals surface area contributed by atoms with E-state index in [0.29, 0.717) is 6.61 Å². The normalized spacial score (nSPS) is 20.2. The molecule has 1 aromatic rings. The first-order chi connectivity index (χ1) is 7.15. The summed E-state index contributed by atoms with van der Waals surface area (Å²) in [5.41, 5.74) is 0.169. The molecule has 84 valence electrons. The number of aliphatic hydroxyl groups is 1. The Morgan fingerprint density at radius 2 is 2.47 bits per heavy atom. The topological polar surface area (TPSA) is 45.1 Å². The largest absolute Gasteiger partial charge is 0.396 e.